The summed E-state index contributed by atoms with van der Waals surface area (Å²) in [5, 5.41) is 3.66. The van der Waals surface area contributed by atoms with Crippen molar-refractivity contribution in [2.75, 3.05) is 18.1 Å². The maximum atomic E-state index is 13.7. The zero-order valence-corrected chi connectivity index (χ0v) is 15.1. The van der Waals surface area contributed by atoms with Crippen molar-refractivity contribution >= 4 is 27.7 Å². The first-order valence-corrected chi connectivity index (χ1v) is 9.89. The lowest BCUT2D eigenvalue weighted by Crippen LogP contribution is -2.34. The summed E-state index contributed by atoms with van der Waals surface area (Å²) in [4.78, 5) is 0. The standard InChI is InChI=1S/C17H25BrFNS/c1-2-8-20-15(11-13-6-9-21-10-7-13)12-14-4-3-5-16(19)17(14)18/h3-5,13,15,20H,2,6-12H2,1H3. The van der Waals surface area contributed by atoms with Gasteiger partial charge in [-0.05, 0) is 83.6 Å². The summed E-state index contributed by atoms with van der Waals surface area (Å²) in [5.74, 6) is 3.27. The molecule has 1 aromatic carbocycles. The minimum absolute atomic E-state index is 0.157. The van der Waals surface area contributed by atoms with Crippen molar-refractivity contribution in [1.82, 2.24) is 5.32 Å². The molecule has 0 aromatic heterocycles. The van der Waals surface area contributed by atoms with Crippen LogP contribution in [0.2, 0.25) is 0 Å². The zero-order valence-electron chi connectivity index (χ0n) is 12.7. The summed E-state index contributed by atoms with van der Waals surface area (Å²) < 4.78 is 14.3. The van der Waals surface area contributed by atoms with Crippen molar-refractivity contribution < 1.29 is 4.39 Å². The molecule has 1 aromatic rings. The molecule has 0 radical (unpaired) electrons. The summed E-state index contributed by atoms with van der Waals surface area (Å²) >= 11 is 5.47. The molecule has 1 saturated heterocycles. The second kappa shape index (κ2) is 9.16. The Kier molecular flexibility index (Phi) is 7.55. The van der Waals surface area contributed by atoms with Crippen LogP contribution in [0.15, 0.2) is 22.7 Å². The van der Waals surface area contributed by atoms with Gasteiger partial charge in [0.1, 0.15) is 5.82 Å². The molecule has 4 heteroatoms. The van der Waals surface area contributed by atoms with Gasteiger partial charge in [-0.15, -0.1) is 0 Å². The monoisotopic (exact) mass is 373 g/mol. The summed E-state index contributed by atoms with van der Waals surface area (Å²) in [6.45, 7) is 3.23. The third kappa shape index (κ3) is 5.57. The summed E-state index contributed by atoms with van der Waals surface area (Å²) in [6, 6.07) is 5.81. The minimum Gasteiger partial charge on any atom is -0.314 e. The molecule has 1 heterocycles. The molecule has 1 N–H and O–H groups in total. The van der Waals surface area contributed by atoms with Gasteiger partial charge in [0.15, 0.2) is 0 Å². The molecule has 1 aliphatic heterocycles. The quantitative estimate of drug-likeness (QED) is 0.718. The first kappa shape index (κ1) is 17.3. The van der Waals surface area contributed by atoms with Crippen molar-refractivity contribution in [1.29, 1.82) is 0 Å². The molecule has 1 aliphatic rings. The lowest BCUT2D eigenvalue weighted by Gasteiger charge is -2.27. The Bertz CT molecular complexity index is 435. The number of benzene rings is 1. The van der Waals surface area contributed by atoms with Crippen LogP contribution in [-0.2, 0) is 6.42 Å². The van der Waals surface area contributed by atoms with E-state index < -0.39 is 0 Å². The highest BCUT2D eigenvalue weighted by atomic mass is 79.9. The molecule has 118 valence electrons. The SMILES string of the molecule is CCCNC(Cc1cccc(F)c1Br)CC1CCSCC1. The highest BCUT2D eigenvalue weighted by molar-refractivity contribution is 9.10. The molecule has 0 spiro atoms. The summed E-state index contributed by atoms with van der Waals surface area (Å²) in [6.07, 6.45) is 5.92. The first-order valence-electron chi connectivity index (χ1n) is 7.94. The third-order valence-electron chi connectivity index (χ3n) is 4.14. The van der Waals surface area contributed by atoms with E-state index in [-0.39, 0.29) is 5.82 Å². The van der Waals surface area contributed by atoms with Gasteiger partial charge in [0.25, 0.3) is 0 Å². The molecular weight excluding hydrogens is 349 g/mol. The van der Waals surface area contributed by atoms with Crippen molar-refractivity contribution in [2.45, 2.75) is 45.1 Å². The van der Waals surface area contributed by atoms with Gasteiger partial charge in [0, 0.05) is 6.04 Å². The van der Waals surface area contributed by atoms with Crippen molar-refractivity contribution in [3.63, 3.8) is 0 Å². The van der Waals surface area contributed by atoms with Gasteiger partial charge in [-0.1, -0.05) is 19.1 Å². The van der Waals surface area contributed by atoms with E-state index in [1.54, 1.807) is 0 Å². The van der Waals surface area contributed by atoms with Crippen molar-refractivity contribution in [3.8, 4) is 0 Å². The van der Waals surface area contributed by atoms with Crippen molar-refractivity contribution in [2.24, 2.45) is 5.92 Å². The van der Waals surface area contributed by atoms with E-state index in [2.05, 4.69) is 39.9 Å². The number of hydrogen-bond donors (Lipinski definition) is 1. The predicted molar refractivity (Wildman–Crippen MR) is 94.6 cm³/mol. The van der Waals surface area contributed by atoms with Gasteiger partial charge < -0.3 is 5.32 Å². The summed E-state index contributed by atoms with van der Waals surface area (Å²) in [5.41, 5.74) is 1.08. The first-order chi connectivity index (χ1) is 10.2. The fourth-order valence-electron chi connectivity index (χ4n) is 2.94. The van der Waals surface area contributed by atoms with Crippen LogP contribution < -0.4 is 5.32 Å². The molecule has 2 rings (SSSR count). The molecule has 1 atom stereocenters. The molecule has 0 saturated carbocycles. The van der Waals surface area contributed by atoms with Crippen LogP contribution in [0, 0.1) is 11.7 Å². The summed E-state index contributed by atoms with van der Waals surface area (Å²) in [7, 11) is 0. The Morgan fingerprint density at radius 1 is 1.38 bits per heavy atom. The Balaban J connectivity index is 1.99. The molecule has 1 fully saturated rings. The van der Waals surface area contributed by atoms with Gasteiger partial charge in [-0.25, -0.2) is 4.39 Å². The maximum Gasteiger partial charge on any atom is 0.137 e. The van der Waals surface area contributed by atoms with Crippen LogP contribution in [-0.4, -0.2) is 24.1 Å². The van der Waals surface area contributed by atoms with Crippen LogP contribution in [0.3, 0.4) is 0 Å². The van der Waals surface area contributed by atoms with Crippen LogP contribution in [0.5, 0.6) is 0 Å². The average Bonchev–Trinajstić information content (AvgIpc) is 2.50. The molecule has 0 aliphatic carbocycles. The second-order valence-corrected chi connectivity index (χ2v) is 7.88. The number of nitrogens with one attached hydrogen (secondary N) is 1. The number of halogens is 2. The Morgan fingerprint density at radius 2 is 2.14 bits per heavy atom. The average molecular weight is 374 g/mol. The van der Waals surface area contributed by atoms with E-state index in [1.165, 1.54) is 36.8 Å². The lowest BCUT2D eigenvalue weighted by atomic mass is 9.91. The number of thioether (sulfide) groups is 1. The molecule has 21 heavy (non-hydrogen) atoms. The maximum absolute atomic E-state index is 13.7. The Labute approximate surface area is 140 Å². The molecule has 0 bridgehead atoms. The van der Waals surface area contributed by atoms with Crippen LogP contribution in [0.1, 0.15) is 38.2 Å². The fourth-order valence-corrected chi connectivity index (χ4v) is 4.57. The minimum atomic E-state index is -0.157. The molecule has 1 unspecified atom stereocenters. The molecular formula is C17H25BrFNS. The van der Waals surface area contributed by atoms with Gasteiger partial charge in [-0.2, -0.15) is 11.8 Å². The largest absolute Gasteiger partial charge is 0.314 e. The van der Waals surface area contributed by atoms with E-state index in [0.29, 0.717) is 10.5 Å². The van der Waals surface area contributed by atoms with E-state index >= 15 is 0 Å². The number of rotatable bonds is 7. The van der Waals surface area contributed by atoms with E-state index in [4.69, 9.17) is 0 Å². The predicted octanol–water partition coefficient (Wildman–Crippen LogP) is 5.03. The van der Waals surface area contributed by atoms with Crippen LogP contribution in [0.25, 0.3) is 0 Å². The van der Waals surface area contributed by atoms with E-state index in [0.717, 1.165) is 30.9 Å². The second-order valence-electron chi connectivity index (χ2n) is 5.86. The fraction of sp³-hybridized carbons (Fsp3) is 0.647. The van der Waals surface area contributed by atoms with E-state index in [9.17, 15) is 4.39 Å². The Hall–Kier alpha value is -0.0600. The van der Waals surface area contributed by atoms with Gasteiger partial charge in [0.2, 0.25) is 0 Å². The number of hydrogen-bond acceptors (Lipinski definition) is 2. The Morgan fingerprint density at radius 3 is 2.86 bits per heavy atom. The highest BCUT2D eigenvalue weighted by Crippen LogP contribution is 2.28. The van der Waals surface area contributed by atoms with Crippen LogP contribution in [0.4, 0.5) is 4.39 Å². The van der Waals surface area contributed by atoms with Crippen molar-refractivity contribution in [3.05, 3.63) is 34.1 Å². The van der Waals surface area contributed by atoms with Gasteiger partial charge >= 0.3 is 0 Å². The van der Waals surface area contributed by atoms with Gasteiger partial charge in [-0.3, -0.25) is 0 Å². The molecule has 1 nitrogen and oxygen atoms in total. The van der Waals surface area contributed by atoms with Crippen LogP contribution >= 0.6 is 27.7 Å². The van der Waals surface area contributed by atoms with Gasteiger partial charge in [0.05, 0.1) is 4.47 Å². The third-order valence-corrected chi connectivity index (χ3v) is 6.08. The zero-order chi connectivity index (χ0) is 15.1. The van der Waals surface area contributed by atoms with E-state index in [1.807, 2.05) is 12.1 Å². The molecule has 0 amide bonds. The topological polar surface area (TPSA) is 12.0 Å². The smallest absolute Gasteiger partial charge is 0.137 e. The highest BCUT2D eigenvalue weighted by Gasteiger charge is 2.20. The lowest BCUT2D eigenvalue weighted by molar-refractivity contribution is 0.362. The normalized spacial score (nSPS) is 17.9.